The highest BCUT2D eigenvalue weighted by Crippen LogP contribution is 2.27. The second-order valence-corrected chi connectivity index (χ2v) is 4.24. The second-order valence-electron chi connectivity index (χ2n) is 4.24. The van der Waals surface area contributed by atoms with Crippen molar-refractivity contribution in [2.75, 3.05) is 13.7 Å². The summed E-state index contributed by atoms with van der Waals surface area (Å²) < 4.78 is 10.7. The van der Waals surface area contributed by atoms with E-state index in [9.17, 15) is 4.79 Å². The minimum atomic E-state index is -0.0679. The Morgan fingerprint density at radius 1 is 1.35 bits per heavy atom. The number of benzene rings is 1. The largest absolute Gasteiger partial charge is 0.493 e. The minimum absolute atomic E-state index is 0.0679. The number of ether oxygens (including phenoxy) is 2. The van der Waals surface area contributed by atoms with E-state index in [0.717, 1.165) is 18.4 Å². The molecule has 5 heteroatoms. The van der Waals surface area contributed by atoms with E-state index in [1.165, 1.54) is 0 Å². The van der Waals surface area contributed by atoms with Gasteiger partial charge < -0.3 is 9.47 Å². The van der Waals surface area contributed by atoms with Crippen molar-refractivity contribution < 1.29 is 14.3 Å². The summed E-state index contributed by atoms with van der Waals surface area (Å²) in [6, 6.07) is 5.48. The van der Waals surface area contributed by atoms with Gasteiger partial charge in [0.15, 0.2) is 11.5 Å². The van der Waals surface area contributed by atoms with Crippen molar-refractivity contribution in [3.63, 3.8) is 0 Å². The molecule has 0 radical (unpaired) electrons. The molecule has 0 saturated heterocycles. The van der Waals surface area contributed by atoms with Crippen LogP contribution in [0, 0.1) is 0 Å². The van der Waals surface area contributed by atoms with Crippen LogP contribution in [0.25, 0.3) is 0 Å². The summed E-state index contributed by atoms with van der Waals surface area (Å²) in [5.74, 6) is 1.27. The average Bonchev–Trinajstić information content (AvgIpc) is 2.46. The van der Waals surface area contributed by atoms with Crippen LogP contribution in [0.15, 0.2) is 23.3 Å². The molecule has 1 amide bonds. The summed E-state index contributed by atoms with van der Waals surface area (Å²) >= 11 is 0. The molecule has 110 valence electrons. The Bertz CT molecular complexity index is 458. The van der Waals surface area contributed by atoms with Crippen molar-refractivity contribution in [2.45, 2.75) is 33.1 Å². The van der Waals surface area contributed by atoms with Gasteiger partial charge in [0.2, 0.25) is 5.91 Å². The average molecular weight is 278 g/mol. The van der Waals surface area contributed by atoms with Gasteiger partial charge in [-0.25, -0.2) is 5.43 Å². The molecule has 0 aliphatic carbocycles. The number of rotatable bonds is 8. The lowest BCUT2D eigenvalue weighted by molar-refractivity contribution is -0.121. The van der Waals surface area contributed by atoms with Gasteiger partial charge in [0.1, 0.15) is 0 Å². The first-order valence-electron chi connectivity index (χ1n) is 6.84. The van der Waals surface area contributed by atoms with Crippen LogP contribution in [-0.4, -0.2) is 25.8 Å². The molecule has 0 saturated carbocycles. The van der Waals surface area contributed by atoms with Crippen molar-refractivity contribution in [3.05, 3.63) is 23.8 Å². The summed E-state index contributed by atoms with van der Waals surface area (Å²) in [7, 11) is 1.60. The van der Waals surface area contributed by atoms with Crippen LogP contribution in [-0.2, 0) is 4.79 Å². The van der Waals surface area contributed by atoms with Crippen LogP contribution in [0.2, 0.25) is 0 Å². The molecule has 0 spiro atoms. The first-order valence-corrected chi connectivity index (χ1v) is 6.84. The van der Waals surface area contributed by atoms with E-state index >= 15 is 0 Å². The Balaban J connectivity index is 2.63. The molecule has 1 aromatic carbocycles. The van der Waals surface area contributed by atoms with Crippen molar-refractivity contribution in [2.24, 2.45) is 5.10 Å². The summed E-state index contributed by atoms with van der Waals surface area (Å²) in [5.41, 5.74) is 3.34. The van der Waals surface area contributed by atoms with E-state index in [-0.39, 0.29) is 5.91 Å². The first-order chi connectivity index (χ1) is 9.71. The van der Waals surface area contributed by atoms with E-state index in [1.807, 2.05) is 32.0 Å². The summed E-state index contributed by atoms with van der Waals surface area (Å²) in [5, 5.41) is 3.93. The van der Waals surface area contributed by atoms with Crippen molar-refractivity contribution in [1.29, 1.82) is 0 Å². The first kappa shape index (κ1) is 16.0. The standard InChI is InChI=1S/C15H22N2O3/c1-4-6-7-15(18)17-16-11-12-8-9-13(19-3)14(10-12)20-5-2/h8-11H,4-7H2,1-3H3,(H,17,18)/b16-11+. The van der Waals surface area contributed by atoms with E-state index in [2.05, 4.69) is 10.5 Å². The molecule has 1 rings (SSSR count). The number of nitrogens with zero attached hydrogens (tertiary/aromatic N) is 1. The monoisotopic (exact) mass is 278 g/mol. The molecule has 1 aromatic rings. The fraction of sp³-hybridized carbons (Fsp3) is 0.467. The summed E-state index contributed by atoms with van der Waals surface area (Å²) in [6.45, 7) is 4.52. The van der Waals surface area contributed by atoms with E-state index < -0.39 is 0 Å². The summed E-state index contributed by atoms with van der Waals surface area (Å²) in [6.07, 6.45) is 3.96. The van der Waals surface area contributed by atoms with E-state index in [1.54, 1.807) is 13.3 Å². The lowest BCUT2D eigenvalue weighted by atomic mass is 10.2. The number of hydrogen-bond donors (Lipinski definition) is 1. The predicted molar refractivity (Wildman–Crippen MR) is 79.4 cm³/mol. The van der Waals surface area contributed by atoms with Crippen LogP contribution in [0.1, 0.15) is 38.7 Å². The maximum atomic E-state index is 11.4. The van der Waals surface area contributed by atoms with E-state index in [0.29, 0.717) is 24.5 Å². The molecule has 0 bridgehead atoms. The molecular formula is C15H22N2O3. The molecular weight excluding hydrogens is 256 g/mol. The van der Waals surface area contributed by atoms with Crippen LogP contribution < -0.4 is 14.9 Å². The van der Waals surface area contributed by atoms with Gasteiger partial charge in [0.05, 0.1) is 19.9 Å². The van der Waals surface area contributed by atoms with Gasteiger partial charge in [-0.2, -0.15) is 5.10 Å². The number of methoxy groups -OCH3 is 1. The van der Waals surface area contributed by atoms with Crippen molar-refractivity contribution in [1.82, 2.24) is 5.43 Å². The Morgan fingerprint density at radius 2 is 2.15 bits per heavy atom. The van der Waals surface area contributed by atoms with Crippen LogP contribution in [0.5, 0.6) is 11.5 Å². The second kappa shape index (κ2) is 8.96. The Hall–Kier alpha value is -2.04. The molecule has 0 aromatic heterocycles. The van der Waals surface area contributed by atoms with Gasteiger partial charge >= 0.3 is 0 Å². The number of hydrazone groups is 1. The molecule has 0 atom stereocenters. The van der Waals surface area contributed by atoms with Crippen LogP contribution >= 0.6 is 0 Å². The molecule has 20 heavy (non-hydrogen) atoms. The van der Waals surface area contributed by atoms with Crippen LogP contribution in [0.4, 0.5) is 0 Å². The SMILES string of the molecule is CCCCC(=O)N/N=C/c1ccc(OC)c(OCC)c1. The van der Waals surface area contributed by atoms with Gasteiger partial charge in [0, 0.05) is 6.42 Å². The molecule has 0 fully saturated rings. The molecule has 0 unspecified atom stereocenters. The van der Waals surface area contributed by atoms with Crippen molar-refractivity contribution in [3.8, 4) is 11.5 Å². The summed E-state index contributed by atoms with van der Waals surface area (Å²) in [4.78, 5) is 11.4. The highest BCUT2D eigenvalue weighted by atomic mass is 16.5. The fourth-order valence-electron chi connectivity index (χ4n) is 1.61. The third kappa shape index (κ3) is 5.30. The van der Waals surface area contributed by atoms with Gasteiger partial charge in [-0.1, -0.05) is 13.3 Å². The number of unbranched alkanes of at least 4 members (excludes halogenated alkanes) is 1. The number of hydrogen-bond acceptors (Lipinski definition) is 4. The smallest absolute Gasteiger partial charge is 0.240 e. The van der Waals surface area contributed by atoms with Gasteiger partial charge in [-0.15, -0.1) is 0 Å². The number of carbonyl (C=O) groups is 1. The van der Waals surface area contributed by atoms with Crippen molar-refractivity contribution >= 4 is 12.1 Å². The topological polar surface area (TPSA) is 59.9 Å². The number of carbonyl (C=O) groups excluding carboxylic acids is 1. The lowest BCUT2D eigenvalue weighted by Crippen LogP contribution is -2.16. The maximum absolute atomic E-state index is 11.4. The zero-order valence-corrected chi connectivity index (χ0v) is 12.3. The van der Waals surface area contributed by atoms with Crippen LogP contribution in [0.3, 0.4) is 0 Å². The van der Waals surface area contributed by atoms with Gasteiger partial charge in [-0.3, -0.25) is 4.79 Å². The Labute approximate surface area is 120 Å². The predicted octanol–water partition coefficient (Wildman–Crippen LogP) is 2.73. The Kier molecular flexibility index (Phi) is 7.17. The highest BCUT2D eigenvalue weighted by molar-refractivity contribution is 5.83. The highest BCUT2D eigenvalue weighted by Gasteiger charge is 2.04. The minimum Gasteiger partial charge on any atom is -0.493 e. The molecule has 0 heterocycles. The normalized spacial score (nSPS) is 10.6. The third-order valence-corrected chi connectivity index (χ3v) is 2.65. The Morgan fingerprint density at radius 3 is 2.80 bits per heavy atom. The molecule has 5 nitrogen and oxygen atoms in total. The lowest BCUT2D eigenvalue weighted by Gasteiger charge is -2.09. The zero-order valence-electron chi connectivity index (χ0n) is 12.3. The van der Waals surface area contributed by atoms with E-state index in [4.69, 9.17) is 9.47 Å². The third-order valence-electron chi connectivity index (χ3n) is 2.65. The number of amides is 1. The fourth-order valence-corrected chi connectivity index (χ4v) is 1.61. The molecule has 1 N–H and O–H groups in total. The zero-order chi connectivity index (χ0) is 14.8. The van der Waals surface area contributed by atoms with Gasteiger partial charge in [-0.05, 0) is 37.1 Å². The number of nitrogens with one attached hydrogen (secondary N) is 1. The quantitative estimate of drug-likeness (QED) is 0.587. The maximum Gasteiger partial charge on any atom is 0.240 e. The molecule has 0 aliphatic heterocycles. The van der Waals surface area contributed by atoms with Gasteiger partial charge in [0.25, 0.3) is 0 Å². The molecule has 0 aliphatic rings.